The lowest BCUT2D eigenvalue weighted by Gasteiger charge is -2.13. The van der Waals surface area contributed by atoms with E-state index >= 15 is 0 Å². The van der Waals surface area contributed by atoms with Crippen LogP contribution in [0.15, 0.2) is 47.1 Å². The number of thiophene rings is 1. The van der Waals surface area contributed by atoms with E-state index in [0.29, 0.717) is 17.2 Å². The summed E-state index contributed by atoms with van der Waals surface area (Å²) in [6, 6.07) is 10.8. The van der Waals surface area contributed by atoms with Crippen LogP contribution in [0.3, 0.4) is 0 Å². The second kappa shape index (κ2) is 6.88. The summed E-state index contributed by atoms with van der Waals surface area (Å²) < 4.78 is 6.23. The molecule has 124 valence electrons. The van der Waals surface area contributed by atoms with Crippen molar-refractivity contribution in [2.45, 2.75) is 26.4 Å². The van der Waals surface area contributed by atoms with Gasteiger partial charge < -0.3 is 15.1 Å². The van der Waals surface area contributed by atoms with Gasteiger partial charge in [0.15, 0.2) is 0 Å². The molecule has 0 unspecified atom stereocenters. The van der Waals surface area contributed by atoms with Crippen molar-refractivity contribution >= 4 is 33.2 Å². The lowest BCUT2D eigenvalue weighted by molar-refractivity contribution is -0.122. The fourth-order valence-corrected chi connectivity index (χ4v) is 3.57. The normalized spacial score (nSPS) is 12.1. The SMILES string of the molecule is Cc1c(C(=O)N[C@H](C)C(=O)NCc2ccco2)sc2ccccc12. The van der Waals surface area contributed by atoms with Gasteiger partial charge in [0.05, 0.1) is 17.7 Å². The van der Waals surface area contributed by atoms with Crippen LogP contribution in [0.25, 0.3) is 10.1 Å². The third-order valence-electron chi connectivity index (χ3n) is 3.81. The highest BCUT2D eigenvalue weighted by Gasteiger charge is 2.20. The van der Waals surface area contributed by atoms with Gasteiger partial charge in [-0.05, 0) is 43.0 Å². The van der Waals surface area contributed by atoms with Crippen LogP contribution in [0.5, 0.6) is 0 Å². The molecule has 6 heteroatoms. The Hall–Kier alpha value is -2.60. The Morgan fingerprint density at radius 2 is 2.00 bits per heavy atom. The minimum atomic E-state index is -0.628. The van der Waals surface area contributed by atoms with Gasteiger partial charge in [0.1, 0.15) is 11.8 Å². The van der Waals surface area contributed by atoms with Crippen molar-refractivity contribution in [3.63, 3.8) is 0 Å². The highest BCUT2D eigenvalue weighted by atomic mass is 32.1. The lowest BCUT2D eigenvalue weighted by atomic mass is 10.1. The fourth-order valence-electron chi connectivity index (χ4n) is 2.46. The summed E-state index contributed by atoms with van der Waals surface area (Å²) in [6.45, 7) is 3.89. The number of furan rings is 1. The van der Waals surface area contributed by atoms with Crippen molar-refractivity contribution in [1.82, 2.24) is 10.6 Å². The van der Waals surface area contributed by atoms with Crippen molar-refractivity contribution in [3.05, 3.63) is 58.9 Å². The summed E-state index contributed by atoms with van der Waals surface area (Å²) in [5, 5.41) is 6.57. The summed E-state index contributed by atoms with van der Waals surface area (Å²) in [7, 11) is 0. The number of nitrogens with one attached hydrogen (secondary N) is 2. The largest absolute Gasteiger partial charge is 0.467 e. The van der Waals surface area contributed by atoms with Gasteiger partial charge in [-0.25, -0.2) is 0 Å². The molecule has 0 bridgehead atoms. The monoisotopic (exact) mass is 342 g/mol. The smallest absolute Gasteiger partial charge is 0.262 e. The van der Waals surface area contributed by atoms with Gasteiger partial charge in [0, 0.05) is 4.70 Å². The van der Waals surface area contributed by atoms with Gasteiger partial charge in [-0.1, -0.05) is 18.2 Å². The summed E-state index contributed by atoms with van der Waals surface area (Å²) in [4.78, 5) is 25.2. The molecule has 0 radical (unpaired) electrons. The first-order valence-electron chi connectivity index (χ1n) is 7.65. The molecule has 0 aliphatic carbocycles. The Balaban J connectivity index is 1.64. The van der Waals surface area contributed by atoms with Crippen molar-refractivity contribution in [2.24, 2.45) is 0 Å². The molecule has 1 aromatic carbocycles. The Bertz CT molecular complexity index is 868. The van der Waals surface area contributed by atoms with E-state index in [9.17, 15) is 9.59 Å². The van der Waals surface area contributed by atoms with Crippen LogP contribution in [0.2, 0.25) is 0 Å². The maximum atomic E-state index is 12.5. The van der Waals surface area contributed by atoms with E-state index in [2.05, 4.69) is 10.6 Å². The fraction of sp³-hybridized carbons (Fsp3) is 0.222. The van der Waals surface area contributed by atoms with Gasteiger partial charge in [0.2, 0.25) is 5.91 Å². The van der Waals surface area contributed by atoms with E-state index < -0.39 is 6.04 Å². The molecule has 3 rings (SSSR count). The van der Waals surface area contributed by atoms with E-state index in [1.165, 1.54) is 11.3 Å². The van der Waals surface area contributed by atoms with E-state index in [1.807, 2.05) is 31.2 Å². The minimum absolute atomic E-state index is 0.227. The zero-order valence-corrected chi connectivity index (χ0v) is 14.3. The zero-order chi connectivity index (χ0) is 17.1. The number of rotatable bonds is 5. The molecule has 2 heterocycles. The maximum Gasteiger partial charge on any atom is 0.262 e. The van der Waals surface area contributed by atoms with Crippen molar-refractivity contribution in [1.29, 1.82) is 0 Å². The molecule has 2 aromatic heterocycles. The average Bonchev–Trinajstić information content (AvgIpc) is 3.21. The number of amides is 2. The van der Waals surface area contributed by atoms with Crippen LogP contribution >= 0.6 is 11.3 Å². The topological polar surface area (TPSA) is 71.3 Å². The van der Waals surface area contributed by atoms with Crippen LogP contribution in [0.1, 0.15) is 27.9 Å². The number of fused-ring (bicyclic) bond motifs is 1. The second-order valence-corrected chi connectivity index (χ2v) is 6.60. The molecule has 5 nitrogen and oxygen atoms in total. The van der Waals surface area contributed by atoms with Gasteiger partial charge in [-0.15, -0.1) is 11.3 Å². The summed E-state index contributed by atoms with van der Waals surface area (Å²) >= 11 is 1.44. The average molecular weight is 342 g/mol. The van der Waals surface area contributed by atoms with Crippen LogP contribution in [0, 0.1) is 6.92 Å². The molecule has 0 saturated heterocycles. The minimum Gasteiger partial charge on any atom is -0.467 e. The Labute approximate surface area is 143 Å². The van der Waals surface area contributed by atoms with Gasteiger partial charge in [0.25, 0.3) is 5.91 Å². The lowest BCUT2D eigenvalue weighted by Crippen LogP contribution is -2.44. The molecule has 0 saturated carbocycles. The second-order valence-electron chi connectivity index (χ2n) is 5.54. The van der Waals surface area contributed by atoms with Gasteiger partial charge in [-0.3, -0.25) is 9.59 Å². The Morgan fingerprint density at radius 3 is 2.71 bits per heavy atom. The molecule has 2 N–H and O–H groups in total. The molecule has 0 fully saturated rings. The van der Waals surface area contributed by atoms with Crippen LogP contribution < -0.4 is 10.6 Å². The van der Waals surface area contributed by atoms with Crippen LogP contribution in [-0.2, 0) is 11.3 Å². The third-order valence-corrected chi connectivity index (χ3v) is 5.08. The van der Waals surface area contributed by atoms with Crippen LogP contribution in [0.4, 0.5) is 0 Å². The van der Waals surface area contributed by atoms with E-state index in [4.69, 9.17) is 4.42 Å². The molecule has 2 amide bonds. The molecule has 0 aliphatic rings. The van der Waals surface area contributed by atoms with Crippen molar-refractivity contribution < 1.29 is 14.0 Å². The van der Waals surface area contributed by atoms with E-state index in [0.717, 1.165) is 15.6 Å². The highest BCUT2D eigenvalue weighted by molar-refractivity contribution is 7.21. The predicted molar refractivity (Wildman–Crippen MR) is 94.0 cm³/mol. The predicted octanol–water partition coefficient (Wildman–Crippen LogP) is 3.24. The number of carbonyl (C=O) groups is 2. The quantitative estimate of drug-likeness (QED) is 0.748. The number of hydrogen-bond donors (Lipinski definition) is 2. The first kappa shape index (κ1) is 16.3. The number of aryl methyl sites for hydroxylation is 1. The summed E-state index contributed by atoms with van der Waals surface area (Å²) in [6.07, 6.45) is 1.55. The first-order chi connectivity index (χ1) is 11.6. The number of hydrogen-bond acceptors (Lipinski definition) is 4. The molecule has 3 aromatic rings. The Kier molecular flexibility index (Phi) is 4.66. The highest BCUT2D eigenvalue weighted by Crippen LogP contribution is 2.30. The van der Waals surface area contributed by atoms with Gasteiger partial charge >= 0.3 is 0 Å². The maximum absolute atomic E-state index is 12.5. The van der Waals surface area contributed by atoms with E-state index in [1.54, 1.807) is 25.3 Å². The summed E-state index contributed by atoms with van der Waals surface area (Å²) in [5.74, 6) is 0.190. The van der Waals surface area contributed by atoms with E-state index in [-0.39, 0.29) is 11.8 Å². The molecule has 0 spiro atoms. The zero-order valence-electron chi connectivity index (χ0n) is 13.5. The van der Waals surface area contributed by atoms with Crippen LogP contribution in [-0.4, -0.2) is 17.9 Å². The molecule has 1 atom stereocenters. The van der Waals surface area contributed by atoms with Gasteiger partial charge in [-0.2, -0.15) is 0 Å². The van der Waals surface area contributed by atoms with Crippen molar-refractivity contribution in [2.75, 3.05) is 0 Å². The molecular formula is C18H18N2O3S. The Morgan fingerprint density at radius 1 is 1.21 bits per heavy atom. The number of benzene rings is 1. The van der Waals surface area contributed by atoms with Crippen molar-refractivity contribution in [3.8, 4) is 0 Å². The molecule has 0 aliphatic heterocycles. The standard InChI is InChI=1S/C18H18N2O3S/c1-11-14-7-3-4-8-15(14)24-16(11)18(22)20-12(2)17(21)19-10-13-6-5-9-23-13/h3-9,12H,10H2,1-2H3,(H,19,21)(H,20,22)/t12-/m1/s1. The number of carbonyl (C=O) groups excluding carboxylic acids is 2. The summed E-state index contributed by atoms with van der Waals surface area (Å²) in [5.41, 5.74) is 0.941. The molecular weight excluding hydrogens is 324 g/mol. The first-order valence-corrected chi connectivity index (χ1v) is 8.47. The third kappa shape index (κ3) is 3.33. The molecule has 24 heavy (non-hydrogen) atoms.